The van der Waals surface area contributed by atoms with Crippen LogP contribution in [0.4, 0.5) is 5.82 Å². The maximum atomic E-state index is 11.0. The van der Waals surface area contributed by atoms with Crippen molar-refractivity contribution in [2.24, 2.45) is 0 Å². The van der Waals surface area contributed by atoms with Crippen LogP contribution in [0.25, 0.3) is 16.2 Å². The monoisotopic (exact) mass is 226 g/mol. The Kier molecular flexibility index (Phi) is 2.75. The third kappa shape index (κ3) is 2.08. The van der Waals surface area contributed by atoms with E-state index in [1.54, 1.807) is 6.07 Å². The van der Waals surface area contributed by atoms with E-state index in [4.69, 9.17) is 11.7 Å². The molecule has 0 radical (unpaired) electrons. The van der Waals surface area contributed by atoms with Crippen molar-refractivity contribution in [2.75, 3.05) is 0 Å². The molecule has 1 N–H and O–H groups in total. The molecule has 82 valence electrons. The highest BCUT2D eigenvalue weighted by molar-refractivity contribution is 5.94. The van der Waals surface area contributed by atoms with Crippen molar-refractivity contribution < 1.29 is 9.90 Å². The third-order valence-electron chi connectivity index (χ3n) is 2.05. The van der Waals surface area contributed by atoms with E-state index in [1.807, 2.05) is 0 Å². The van der Waals surface area contributed by atoms with Crippen molar-refractivity contribution in [3.63, 3.8) is 0 Å². The molecule has 17 heavy (non-hydrogen) atoms. The molecular formula is C11H6N4O2. The molecule has 0 fully saturated rings. The minimum absolute atomic E-state index is 0.0103. The standard InChI is InChI=1S/C11H6N4O2/c1-12-9-3-2-7(11(16)17)10(15-9)8-4-5-13-6-14-8/h2-6H,(H,16,17). The molecule has 0 unspecified atom stereocenters. The largest absolute Gasteiger partial charge is 0.478 e. The highest BCUT2D eigenvalue weighted by atomic mass is 16.4. The van der Waals surface area contributed by atoms with Gasteiger partial charge in [0.1, 0.15) is 17.6 Å². The van der Waals surface area contributed by atoms with Gasteiger partial charge in [-0.3, -0.25) is 0 Å². The second-order valence-corrected chi connectivity index (χ2v) is 3.08. The van der Waals surface area contributed by atoms with E-state index in [9.17, 15) is 4.79 Å². The maximum Gasteiger partial charge on any atom is 0.340 e. The van der Waals surface area contributed by atoms with Gasteiger partial charge in [0.2, 0.25) is 0 Å². The van der Waals surface area contributed by atoms with E-state index >= 15 is 0 Å². The number of carboxylic acid groups (broad SMARTS) is 1. The van der Waals surface area contributed by atoms with Crippen molar-refractivity contribution >= 4 is 11.8 Å². The molecule has 0 saturated carbocycles. The lowest BCUT2D eigenvalue weighted by atomic mass is 10.1. The Labute approximate surface area is 96.4 Å². The molecule has 2 aromatic heterocycles. The van der Waals surface area contributed by atoms with Gasteiger partial charge in [-0.25, -0.2) is 14.8 Å². The maximum absolute atomic E-state index is 11.0. The number of nitrogens with zero attached hydrogens (tertiary/aromatic N) is 4. The van der Waals surface area contributed by atoms with E-state index in [2.05, 4.69) is 19.8 Å². The number of aromatic nitrogens is 3. The predicted molar refractivity (Wildman–Crippen MR) is 58.5 cm³/mol. The van der Waals surface area contributed by atoms with Gasteiger partial charge in [0.05, 0.1) is 0 Å². The van der Waals surface area contributed by atoms with Crippen LogP contribution >= 0.6 is 0 Å². The molecule has 0 bridgehead atoms. The molecular weight excluding hydrogens is 220 g/mol. The second kappa shape index (κ2) is 4.37. The molecule has 6 heteroatoms. The van der Waals surface area contributed by atoms with Gasteiger partial charge in [-0.2, -0.15) is 0 Å². The van der Waals surface area contributed by atoms with Gasteiger partial charge in [0.15, 0.2) is 5.69 Å². The van der Waals surface area contributed by atoms with E-state index in [0.29, 0.717) is 5.69 Å². The third-order valence-corrected chi connectivity index (χ3v) is 2.05. The molecule has 0 atom stereocenters. The number of rotatable bonds is 2. The quantitative estimate of drug-likeness (QED) is 0.789. The molecule has 2 heterocycles. The predicted octanol–water partition coefficient (Wildman–Crippen LogP) is 1.79. The van der Waals surface area contributed by atoms with Gasteiger partial charge < -0.3 is 9.95 Å². The van der Waals surface area contributed by atoms with Crippen LogP contribution in [0.5, 0.6) is 0 Å². The number of pyridine rings is 1. The summed E-state index contributed by atoms with van der Waals surface area (Å²) in [6.45, 7) is 6.86. The van der Waals surface area contributed by atoms with E-state index in [-0.39, 0.29) is 17.1 Å². The smallest absolute Gasteiger partial charge is 0.340 e. The van der Waals surface area contributed by atoms with Crippen molar-refractivity contribution in [2.45, 2.75) is 0 Å². The first-order chi connectivity index (χ1) is 8.22. The molecule has 0 spiro atoms. The van der Waals surface area contributed by atoms with Crippen molar-refractivity contribution in [3.05, 3.63) is 47.7 Å². The van der Waals surface area contributed by atoms with Crippen LogP contribution in [0.1, 0.15) is 10.4 Å². The zero-order valence-corrected chi connectivity index (χ0v) is 8.53. The fourth-order valence-electron chi connectivity index (χ4n) is 1.31. The topological polar surface area (TPSA) is 80.3 Å². The van der Waals surface area contributed by atoms with Crippen LogP contribution in [-0.4, -0.2) is 26.0 Å². The lowest BCUT2D eigenvalue weighted by molar-refractivity contribution is 0.0697. The summed E-state index contributed by atoms with van der Waals surface area (Å²) in [5.41, 5.74) is 0.562. The summed E-state index contributed by atoms with van der Waals surface area (Å²) in [4.78, 5) is 25.8. The van der Waals surface area contributed by atoms with Gasteiger partial charge in [0, 0.05) is 6.20 Å². The first-order valence-electron chi connectivity index (χ1n) is 4.60. The van der Waals surface area contributed by atoms with E-state index in [0.717, 1.165) is 0 Å². The lowest BCUT2D eigenvalue weighted by Crippen LogP contribution is -2.02. The summed E-state index contributed by atoms with van der Waals surface area (Å²) in [7, 11) is 0. The first kappa shape index (κ1) is 10.7. The lowest BCUT2D eigenvalue weighted by Gasteiger charge is -2.00. The van der Waals surface area contributed by atoms with Crippen LogP contribution in [-0.2, 0) is 0 Å². The fraction of sp³-hybridized carbons (Fsp3) is 0. The number of carboxylic acids is 1. The average Bonchev–Trinajstić information content (AvgIpc) is 2.39. The minimum atomic E-state index is -1.11. The Bertz CT molecular complexity index is 605. The molecule has 0 amide bonds. The highest BCUT2D eigenvalue weighted by Crippen LogP contribution is 2.22. The summed E-state index contributed by atoms with van der Waals surface area (Å²) in [6, 6.07) is 4.25. The Morgan fingerprint density at radius 1 is 1.35 bits per heavy atom. The average molecular weight is 226 g/mol. The minimum Gasteiger partial charge on any atom is -0.478 e. The molecule has 0 saturated heterocycles. The highest BCUT2D eigenvalue weighted by Gasteiger charge is 2.18. The zero-order chi connectivity index (χ0) is 12.3. The molecule has 0 aliphatic rings. The molecule has 0 aliphatic heterocycles. The Hall–Kier alpha value is -2.81. The second-order valence-electron chi connectivity index (χ2n) is 3.08. The van der Waals surface area contributed by atoms with Gasteiger partial charge in [-0.05, 0) is 12.1 Å². The summed E-state index contributed by atoms with van der Waals surface area (Å²) in [5.74, 6) is -0.980. The number of hydrogen-bond donors (Lipinski definition) is 1. The molecule has 2 rings (SSSR count). The van der Waals surface area contributed by atoms with Gasteiger partial charge >= 0.3 is 5.97 Å². The summed E-state index contributed by atoms with van der Waals surface area (Å²) < 4.78 is 0. The summed E-state index contributed by atoms with van der Waals surface area (Å²) in [5, 5.41) is 9.03. The Balaban J connectivity index is 2.66. The van der Waals surface area contributed by atoms with Crippen LogP contribution < -0.4 is 0 Å². The van der Waals surface area contributed by atoms with E-state index < -0.39 is 5.97 Å². The summed E-state index contributed by atoms with van der Waals surface area (Å²) in [6.07, 6.45) is 2.79. The van der Waals surface area contributed by atoms with Gasteiger partial charge in [-0.1, -0.05) is 12.6 Å². The zero-order valence-electron chi connectivity index (χ0n) is 8.53. The summed E-state index contributed by atoms with van der Waals surface area (Å²) >= 11 is 0. The van der Waals surface area contributed by atoms with Crippen LogP contribution in [0.2, 0.25) is 0 Å². The van der Waals surface area contributed by atoms with Crippen LogP contribution in [0.15, 0.2) is 30.7 Å². The fourth-order valence-corrected chi connectivity index (χ4v) is 1.31. The van der Waals surface area contributed by atoms with Crippen LogP contribution in [0, 0.1) is 6.57 Å². The van der Waals surface area contributed by atoms with E-state index in [1.165, 1.54) is 24.7 Å². The van der Waals surface area contributed by atoms with Gasteiger partial charge in [-0.15, -0.1) is 4.98 Å². The van der Waals surface area contributed by atoms with Gasteiger partial charge in [0.25, 0.3) is 5.82 Å². The normalized spacial score (nSPS) is 9.59. The first-order valence-corrected chi connectivity index (χ1v) is 4.60. The SMILES string of the molecule is [C-]#[N+]c1ccc(C(=O)O)c(-c2ccncn2)n1. The number of carbonyl (C=O) groups is 1. The van der Waals surface area contributed by atoms with Crippen molar-refractivity contribution in [1.82, 2.24) is 15.0 Å². The van der Waals surface area contributed by atoms with Crippen molar-refractivity contribution in [1.29, 1.82) is 0 Å². The Morgan fingerprint density at radius 2 is 2.18 bits per heavy atom. The molecule has 2 aromatic rings. The number of aromatic carboxylic acids is 1. The molecule has 0 aromatic carbocycles. The van der Waals surface area contributed by atoms with Crippen LogP contribution in [0.3, 0.4) is 0 Å². The number of hydrogen-bond acceptors (Lipinski definition) is 4. The molecule has 6 nitrogen and oxygen atoms in total. The van der Waals surface area contributed by atoms with Crippen molar-refractivity contribution in [3.8, 4) is 11.4 Å². The Morgan fingerprint density at radius 3 is 2.76 bits per heavy atom. The molecule has 0 aliphatic carbocycles.